The summed E-state index contributed by atoms with van der Waals surface area (Å²) in [5, 5.41) is 0. The van der Waals surface area contributed by atoms with Gasteiger partial charge in [-0.05, 0) is 26.7 Å². The van der Waals surface area contributed by atoms with E-state index in [4.69, 9.17) is 9.47 Å². The molecular formula is C14H24O2. The molecular weight excluding hydrogens is 200 g/mol. The molecule has 0 aliphatic heterocycles. The van der Waals surface area contributed by atoms with Crippen LogP contribution in [0.2, 0.25) is 0 Å². The second-order valence-corrected chi connectivity index (χ2v) is 4.63. The molecule has 2 nitrogen and oxygen atoms in total. The molecule has 1 fully saturated rings. The van der Waals surface area contributed by atoms with Crippen molar-refractivity contribution < 1.29 is 9.47 Å². The zero-order chi connectivity index (χ0) is 12.0. The zero-order valence-electron chi connectivity index (χ0n) is 10.5. The van der Waals surface area contributed by atoms with Crippen LogP contribution in [0.3, 0.4) is 0 Å². The highest BCUT2D eigenvalue weighted by Crippen LogP contribution is 2.36. The van der Waals surface area contributed by atoms with Gasteiger partial charge in [0.1, 0.15) is 0 Å². The Kier molecular flexibility index (Phi) is 5.44. The van der Waals surface area contributed by atoms with Crippen molar-refractivity contribution in [1.82, 2.24) is 0 Å². The second-order valence-electron chi connectivity index (χ2n) is 4.63. The molecule has 0 spiro atoms. The lowest BCUT2D eigenvalue weighted by molar-refractivity contribution is -0.0123. The summed E-state index contributed by atoms with van der Waals surface area (Å²) in [5.74, 6) is 1.14. The van der Waals surface area contributed by atoms with Crippen LogP contribution >= 0.6 is 0 Å². The van der Waals surface area contributed by atoms with Gasteiger partial charge in [-0.15, -0.1) is 0 Å². The van der Waals surface area contributed by atoms with Crippen molar-refractivity contribution in [3.63, 3.8) is 0 Å². The molecule has 0 amide bonds. The summed E-state index contributed by atoms with van der Waals surface area (Å²) >= 11 is 0. The molecule has 1 aliphatic carbocycles. The van der Waals surface area contributed by atoms with Gasteiger partial charge in [-0.3, -0.25) is 0 Å². The lowest BCUT2D eigenvalue weighted by Crippen LogP contribution is -2.36. The molecule has 0 aromatic carbocycles. The average molecular weight is 224 g/mol. The van der Waals surface area contributed by atoms with Crippen LogP contribution in [-0.2, 0) is 9.47 Å². The summed E-state index contributed by atoms with van der Waals surface area (Å²) in [7, 11) is 0. The molecule has 0 N–H and O–H groups in total. The van der Waals surface area contributed by atoms with Crippen LogP contribution in [0.4, 0.5) is 0 Å². The lowest BCUT2D eigenvalue weighted by Gasteiger charge is -2.37. The SMILES string of the molecule is C=COC(C)C1CCCCC1C(C)OC=C. The predicted octanol–water partition coefficient (Wildman–Crippen LogP) is 3.89. The van der Waals surface area contributed by atoms with Crippen molar-refractivity contribution in [3.05, 3.63) is 25.7 Å². The third kappa shape index (κ3) is 3.29. The van der Waals surface area contributed by atoms with E-state index in [-0.39, 0.29) is 12.2 Å². The van der Waals surface area contributed by atoms with Crippen molar-refractivity contribution in [3.8, 4) is 0 Å². The van der Waals surface area contributed by atoms with Crippen molar-refractivity contribution in [1.29, 1.82) is 0 Å². The summed E-state index contributed by atoms with van der Waals surface area (Å²) in [4.78, 5) is 0. The topological polar surface area (TPSA) is 18.5 Å². The number of rotatable bonds is 6. The first-order valence-electron chi connectivity index (χ1n) is 6.23. The van der Waals surface area contributed by atoms with Crippen LogP contribution in [0.5, 0.6) is 0 Å². The number of ether oxygens (including phenoxy) is 2. The lowest BCUT2D eigenvalue weighted by atomic mass is 9.74. The Morgan fingerprint density at radius 1 is 0.938 bits per heavy atom. The molecule has 1 aliphatic rings. The van der Waals surface area contributed by atoms with Crippen molar-refractivity contribution >= 4 is 0 Å². The van der Waals surface area contributed by atoms with Gasteiger partial charge in [-0.1, -0.05) is 26.0 Å². The first kappa shape index (κ1) is 13.1. The van der Waals surface area contributed by atoms with E-state index in [0.29, 0.717) is 11.8 Å². The molecule has 0 aromatic heterocycles. The molecule has 1 rings (SSSR count). The summed E-state index contributed by atoms with van der Waals surface area (Å²) in [6, 6.07) is 0. The minimum absolute atomic E-state index is 0.235. The van der Waals surface area contributed by atoms with E-state index in [1.165, 1.54) is 25.7 Å². The van der Waals surface area contributed by atoms with Crippen LogP contribution in [0.15, 0.2) is 25.7 Å². The Bertz CT molecular complexity index is 201. The Morgan fingerprint density at radius 2 is 1.31 bits per heavy atom. The molecule has 4 atom stereocenters. The van der Waals surface area contributed by atoms with E-state index >= 15 is 0 Å². The van der Waals surface area contributed by atoms with Gasteiger partial charge in [0, 0.05) is 11.8 Å². The highest BCUT2D eigenvalue weighted by molar-refractivity contribution is 4.84. The molecule has 0 aromatic rings. The maximum Gasteiger partial charge on any atom is 0.0982 e. The molecule has 0 radical (unpaired) electrons. The molecule has 16 heavy (non-hydrogen) atoms. The largest absolute Gasteiger partial charge is 0.499 e. The number of hydrogen-bond acceptors (Lipinski definition) is 2. The van der Waals surface area contributed by atoms with Gasteiger partial charge in [0.15, 0.2) is 0 Å². The maximum atomic E-state index is 5.52. The fourth-order valence-electron chi connectivity index (χ4n) is 2.86. The van der Waals surface area contributed by atoms with Crippen LogP contribution in [0.1, 0.15) is 39.5 Å². The Balaban J connectivity index is 2.62. The Morgan fingerprint density at radius 3 is 1.62 bits per heavy atom. The third-order valence-electron chi connectivity index (χ3n) is 3.70. The van der Waals surface area contributed by atoms with Crippen molar-refractivity contribution in [2.24, 2.45) is 11.8 Å². The standard InChI is InChI=1S/C14H24O2/c1-5-15-11(3)13-9-7-8-10-14(13)12(4)16-6-2/h5-6,11-14H,1-2,7-10H2,3-4H3. The minimum atomic E-state index is 0.235. The van der Waals surface area contributed by atoms with E-state index in [1.807, 2.05) is 0 Å². The first-order valence-corrected chi connectivity index (χ1v) is 6.23. The molecule has 0 saturated heterocycles. The van der Waals surface area contributed by atoms with Gasteiger partial charge < -0.3 is 9.47 Å². The molecule has 4 unspecified atom stereocenters. The van der Waals surface area contributed by atoms with Crippen molar-refractivity contribution in [2.75, 3.05) is 0 Å². The Hall–Kier alpha value is -0.920. The monoisotopic (exact) mass is 224 g/mol. The molecule has 0 heterocycles. The van der Waals surface area contributed by atoms with Gasteiger partial charge in [0.2, 0.25) is 0 Å². The normalized spacial score (nSPS) is 28.9. The zero-order valence-corrected chi connectivity index (χ0v) is 10.5. The highest BCUT2D eigenvalue weighted by Gasteiger charge is 2.34. The minimum Gasteiger partial charge on any atom is -0.499 e. The van der Waals surface area contributed by atoms with E-state index in [2.05, 4.69) is 27.0 Å². The second kappa shape index (κ2) is 6.62. The van der Waals surface area contributed by atoms with E-state index in [9.17, 15) is 0 Å². The molecule has 92 valence electrons. The van der Waals surface area contributed by atoms with Gasteiger partial charge in [-0.2, -0.15) is 0 Å². The van der Waals surface area contributed by atoms with Crippen LogP contribution in [0.25, 0.3) is 0 Å². The van der Waals surface area contributed by atoms with Crippen LogP contribution in [-0.4, -0.2) is 12.2 Å². The summed E-state index contributed by atoms with van der Waals surface area (Å²) < 4.78 is 11.0. The summed E-state index contributed by atoms with van der Waals surface area (Å²) in [5.41, 5.74) is 0. The first-order chi connectivity index (χ1) is 7.70. The smallest absolute Gasteiger partial charge is 0.0982 e. The Labute approximate surface area is 99.3 Å². The van der Waals surface area contributed by atoms with Crippen LogP contribution in [0, 0.1) is 11.8 Å². The van der Waals surface area contributed by atoms with Crippen LogP contribution < -0.4 is 0 Å². The third-order valence-corrected chi connectivity index (χ3v) is 3.70. The van der Waals surface area contributed by atoms with E-state index in [0.717, 1.165) is 0 Å². The van der Waals surface area contributed by atoms with Gasteiger partial charge in [0.25, 0.3) is 0 Å². The van der Waals surface area contributed by atoms with Gasteiger partial charge in [-0.25, -0.2) is 0 Å². The van der Waals surface area contributed by atoms with Gasteiger partial charge in [0.05, 0.1) is 24.7 Å². The quantitative estimate of drug-likeness (QED) is 0.637. The summed E-state index contributed by atoms with van der Waals surface area (Å²) in [6.45, 7) is 11.5. The van der Waals surface area contributed by atoms with Crippen molar-refractivity contribution in [2.45, 2.75) is 51.7 Å². The summed E-state index contributed by atoms with van der Waals surface area (Å²) in [6.07, 6.45) is 8.62. The number of hydrogen-bond donors (Lipinski definition) is 0. The van der Waals surface area contributed by atoms with E-state index < -0.39 is 0 Å². The maximum absolute atomic E-state index is 5.52. The highest BCUT2D eigenvalue weighted by atomic mass is 16.5. The van der Waals surface area contributed by atoms with Gasteiger partial charge >= 0.3 is 0 Å². The molecule has 0 bridgehead atoms. The fourth-order valence-corrected chi connectivity index (χ4v) is 2.86. The average Bonchev–Trinajstić information content (AvgIpc) is 2.30. The van der Waals surface area contributed by atoms with E-state index in [1.54, 1.807) is 12.5 Å². The molecule has 1 saturated carbocycles. The molecule has 2 heteroatoms. The fraction of sp³-hybridized carbons (Fsp3) is 0.714. The predicted molar refractivity (Wildman–Crippen MR) is 66.9 cm³/mol.